The summed E-state index contributed by atoms with van der Waals surface area (Å²) in [5.41, 5.74) is 3.51. The first-order valence-corrected chi connectivity index (χ1v) is 8.24. The fraction of sp³-hybridized carbons (Fsp3) is 0. The lowest BCUT2D eigenvalue weighted by Crippen LogP contribution is -1.96. The minimum absolute atomic E-state index is 0.217. The van der Waals surface area contributed by atoms with Crippen molar-refractivity contribution in [1.29, 1.82) is 0 Å². The van der Waals surface area contributed by atoms with Crippen molar-refractivity contribution in [2.45, 2.75) is 0 Å². The van der Waals surface area contributed by atoms with Crippen LogP contribution in [0.5, 0.6) is 5.75 Å². The van der Waals surface area contributed by atoms with Crippen LogP contribution in [0.25, 0.3) is 33.4 Å². The standard InChI is InChI=1S/C23H14O4/c1-2-17-18-12-19(23(25)26)20(24)13-21(18)27-22(17)16-10-8-15(9-11-16)14-6-4-3-5-7-14/h1,3-13,24H,(H,25,26). The van der Waals surface area contributed by atoms with Crippen LogP contribution in [0.4, 0.5) is 0 Å². The molecule has 0 aliphatic carbocycles. The highest BCUT2D eigenvalue weighted by Gasteiger charge is 2.19. The van der Waals surface area contributed by atoms with Gasteiger partial charge in [-0.05, 0) is 17.2 Å². The number of carboxylic acid groups (broad SMARTS) is 1. The van der Waals surface area contributed by atoms with Crippen molar-refractivity contribution in [2.24, 2.45) is 0 Å². The molecular formula is C23H14O4. The fourth-order valence-corrected chi connectivity index (χ4v) is 3.09. The van der Waals surface area contributed by atoms with Crippen molar-refractivity contribution in [1.82, 2.24) is 0 Å². The van der Waals surface area contributed by atoms with Crippen LogP contribution in [0, 0.1) is 12.3 Å². The third-order valence-corrected chi connectivity index (χ3v) is 4.44. The zero-order valence-corrected chi connectivity index (χ0v) is 14.1. The molecule has 0 saturated heterocycles. The van der Waals surface area contributed by atoms with Gasteiger partial charge >= 0.3 is 5.97 Å². The molecule has 4 heteroatoms. The lowest BCUT2D eigenvalue weighted by Gasteiger charge is -2.03. The van der Waals surface area contributed by atoms with Crippen molar-refractivity contribution in [3.63, 3.8) is 0 Å². The number of rotatable bonds is 3. The third kappa shape index (κ3) is 2.82. The van der Waals surface area contributed by atoms with E-state index in [0.717, 1.165) is 16.7 Å². The topological polar surface area (TPSA) is 70.7 Å². The molecule has 1 heterocycles. The second-order valence-electron chi connectivity index (χ2n) is 6.06. The summed E-state index contributed by atoms with van der Waals surface area (Å²) in [5, 5.41) is 19.6. The maximum absolute atomic E-state index is 11.3. The predicted molar refractivity (Wildman–Crippen MR) is 104 cm³/mol. The van der Waals surface area contributed by atoms with Gasteiger partial charge in [-0.15, -0.1) is 6.42 Å². The summed E-state index contributed by atoms with van der Waals surface area (Å²) >= 11 is 0. The Labute approximate surface area is 155 Å². The van der Waals surface area contributed by atoms with Crippen molar-refractivity contribution in [2.75, 3.05) is 0 Å². The van der Waals surface area contributed by atoms with Crippen LogP contribution in [0.3, 0.4) is 0 Å². The zero-order chi connectivity index (χ0) is 19.0. The molecule has 27 heavy (non-hydrogen) atoms. The molecule has 0 aliphatic rings. The molecule has 0 saturated carbocycles. The number of aromatic carboxylic acids is 1. The molecule has 4 nitrogen and oxygen atoms in total. The number of phenols is 1. The summed E-state index contributed by atoms with van der Waals surface area (Å²) in [5.74, 6) is 1.46. The van der Waals surface area contributed by atoms with Crippen LogP contribution in [-0.4, -0.2) is 16.2 Å². The van der Waals surface area contributed by atoms with Gasteiger partial charge in [0.1, 0.15) is 16.9 Å². The molecule has 3 aromatic carbocycles. The molecule has 130 valence electrons. The van der Waals surface area contributed by atoms with Gasteiger partial charge in [-0.2, -0.15) is 0 Å². The van der Waals surface area contributed by atoms with Crippen LogP contribution < -0.4 is 0 Å². The normalized spacial score (nSPS) is 10.6. The Hall–Kier alpha value is -3.97. The van der Waals surface area contributed by atoms with Crippen molar-refractivity contribution in [3.8, 4) is 40.5 Å². The van der Waals surface area contributed by atoms with E-state index in [2.05, 4.69) is 5.92 Å². The molecule has 0 unspecified atom stereocenters. The van der Waals surface area contributed by atoms with E-state index in [1.807, 2.05) is 54.6 Å². The highest BCUT2D eigenvalue weighted by atomic mass is 16.4. The molecule has 0 atom stereocenters. The number of carbonyl (C=O) groups is 1. The number of fused-ring (bicyclic) bond motifs is 1. The number of furan rings is 1. The molecule has 4 aromatic rings. The summed E-state index contributed by atoms with van der Waals surface area (Å²) in [4.78, 5) is 11.3. The Balaban J connectivity index is 1.84. The second kappa shape index (κ2) is 6.40. The summed E-state index contributed by atoms with van der Waals surface area (Å²) in [6.45, 7) is 0. The van der Waals surface area contributed by atoms with Crippen molar-refractivity contribution >= 4 is 16.9 Å². The van der Waals surface area contributed by atoms with Crippen LogP contribution >= 0.6 is 0 Å². The summed E-state index contributed by atoms with van der Waals surface area (Å²) < 4.78 is 5.84. The highest BCUT2D eigenvalue weighted by molar-refractivity contribution is 6.00. The van der Waals surface area contributed by atoms with Crippen LogP contribution in [0.1, 0.15) is 15.9 Å². The van der Waals surface area contributed by atoms with E-state index < -0.39 is 5.97 Å². The molecular weight excluding hydrogens is 340 g/mol. The zero-order valence-electron chi connectivity index (χ0n) is 14.1. The van der Waals surface area contributed by atoms with E-state index >= 15 is 0 Å². The second-order valence-corrected chi connectivity index (χ2v) is 6.06. The predicted octanol–water partition coefficient (Wildman–Crippen LogP) is 5.15. The molecule has 0 fully saturated rings. The Kier molecular flexibility index (Phi) is 3.91. The lowest BCUT2D eigenvalue weighted by molar-refractivity contribution is 0.0694. The smallest absolute Gasteiger partial charge is 0.339 e. The van der Waals surface area contributed by atoms with Gasteiger partial charge in [0, 0.05) is 17.0 Å². The Morgan fingerprint density at radius 2 is 1.56 bits per heavy atom. The third-order valence-electron chi connectivity index (χ3n) is 4.44. The number of hydrogen-bond donors (Lipinski definition) is 2. The van der Waals surface area contributed by atoms with Crippen LogP contribution in [0.15, 0.2) is 71.1 Å². The van der Waals surface area contributed by atoms with E-state index in [9.17, 15) is 15.0 Å². The molecule has 4 rings (SSSR count). The monoisotopic (exact) mass is 354 g/mol. The molecule has 0 bridgehead atoms. The Morgan fingerprint density at radius 3 is 2.19 bits per heavy atom. The van der Waals surface area contributed by atoms with Gasteiger partial charge < -0.3 is 14.6 Å². The SMILES string of the molecule is C#Cc1c(-c2ccc(-c3ccccc3)cc2)oc2cc(O)c(C(=O)O)cc12. The van der Waals surface area contributed by atoms with Gasteiger partial charge in [0.2, 0.25) is 0 Å². The van der Waals surface area contributed by atoms with Crippen molar-refractivity contribution < 1.29 is 19.4 Å². The van der Waals surface area contributed by atoms with Gasteiger partial charge in [0.15, 0.2) is 5.76 Å². The molecule has 0 radical (unpaired) electrons. The quantitative estimate of drug-likeness (QED) is 0.499. The number of benzene rings is 3. The van der Waals surface area contributed by atoms with Gasteiger partial charge in [0.05, 0.1) is 5.56 Å². The Morgan fingerprint density at radius 1 is 0.926 bits per heavy atom. The summed E-state index contributed by atoms with van der Waals surface area (Å²) in [6.07, 6.45) is 5.66. The summed E-state index contributed by atoms with van der Waals surface area (Å²) in [6, 6.07) is 20.3. The molecule has 2 N–H and O–H groups in total. The Bertz CT molecular complexity index is 1190. The highest BCUT2D eigenvalue weighted by Crippen LogP contribution is 2.37. The number of carboxylic acids is 1. The maximum Gasteiger partial charge on any atom is 0.339 e. The first-order valence-electron chi connectivity index (χ1n) is 8.24. The molecule has 0 aliphatic heterocycles. The molecule has 0 amide bonds. The minimum atomic E-state index is -1.23. The van der Waals surface area contributed by atoms with Gasteiger partial charge in [-0.1, -0.05) is 60.5 Å². The van der Waals surface area contributed by atoms with Crippen LogP contribution in [0.2, 0.25) is 0 Å². The van der Waals surface area contributed by atoms with Crippen molar-refractivity contribution in [3.05, 3.63) is 77.9 Å². The number of aromatic hydroxyl groups is 1. The van der Waals surface area contributed by atoms with Crippen LogP contribution in [-0.2, 0) is 0 Å². The van der Waals surface area contributed by atoms with Gasteiger partial charge in [-0.3, -0.25) is 0 Å². The van der Waals surface area contributed by atoms with E-state index in [-0.39, 0.29) is 11.3 Å². The lowest BCUT2D eigenvalue weighted by atomic mass is 10.0. The van der Waals surface area contributed by atoms with E-state index in [1.54, 1.807) is 0 Å². The summed E-state index contributed by atoms with van der Waals surface area (Å²) in [7, 11) is 0. The first kappa shape index (κ1) is 16.5. The number of hydrogen-bond acceptors (Lipinski definition) is 3. The maximum atomic E-state index is 11.3. The minimum Gasteiger partial charge on any atom is -0.507 e. The van der Waals surface area contributed by atoms with E-state index in [0.29, 0.717) is 22.3 Å². The molecule has 1 aromatic heterocycles. The molecule has 0 spiro atoms. The van der Waals surface area contributed by atoms with E-state index in [4.69, 9.17) is 10.8 Å². The van der Waals surface area contributed by atoms with Gasteiger partial charge in [0.25, 0.3) is 0 Å². The van der Waals surface area contributed by atoms with Gasteiger partial charge in [-0.25, -0.2) is 4.79 Å². The largest absolute Gasteiger partial charge is 0.507 e. The average Bonchev–Trinajstić information content (AvgIpc) is 3.05. The first-order chi connectivity index (χ1) is 13.1. The average molecular weight is 354 g/mol. The fourth-order valence-electron chi connectivity index (χ4n) is 3.09. The number of terminal acetylenes is 1. The van der Waals surface area contributed by atoms with E-state index in [1.165, 1.54) is 12.1 Å².